The molecule has 4 aromatic carbocycles. The van der Waals surface area contributed by atoms with Crippen LogP contribution in [0.25, 0.3) is 0 Å². The van der Waals surface area contributed by atoms with Crippen molar-refractivity contribution in [3.05, 3.63) is 119 Å². The summed E-state index contributed by atoms with van der Waals surface area (Å²) in [6, 6.07) is 30.8. The smallest absolute Gasteiger partial charge is 0.115 e. The molecule has 0 radical (unpaired) electrons. The summed E-state index contributed by atoms with van der Waals surface area (Å²) in [6.07, 6.45) is 5.65. The van der Waals surface area contributed by atoms with Crippen molar-refractivity contribution in [2.75, 3.05) is 0 Å². The van der Waals surface area contributed by atoms with Crippen LogP contribution in [0.15, 0.2) is 97.1 Å². The van der Waals surface area contributed by atoms with Crippen LogP contribution in [-0.2, 0) is 5.41 Å². The summed E-state index contributed by atoms with van der Waals surface area (Å²) in [6.45, 7) is 4.47. The summed E-state index contributed by atoms with van der Waals surface area (Å²) in [4.78, 5) is 0. The van der Waals surface area contributed by atoms with Gasteiger partial charge in [-0.2, -0.15) is 0 Å². The third-order valence-corrected chi connectivity index (χ3v) is 9.51. The molecule has 0 amide bonds. The van der Waals surface area contributed by atoms with Gasteiger partial charge in [-0.25, -0.2) is 0 Å². The molecule has 208 valence electrons. The molecule has 4 N–H and O–H groups in total. The minimum Gasteiger partial charge on any atom is -0.508 e. The first-order chi connectivity index (χ1) is 19.4. The second kappa shape index (κ2) is 11.3. The quantitative estimate of drug-likeness (QED) is 0.181. The predicted octanol–water partition coefficient (Wildman–Crippen LogP) is 8.74. The van der Waals surface area contributed by atoms with Gasteiger partial charge >= 0.3 is 0 Å². The van der Waals surface area contributed by atoms with Crippen LogP contribution in [-0.4, -0.2) is 20.4 Å². The van der Waals surface area contributed by atoms with E-state index in [0.29, 0.717) is 0 Å². The molecule has 4 heteroatoms. The maximum atomic E-state index is 10.6. The zero-order valence-electron chi connectivity index (χ0n) is 23.4. The van der Waals surface area contributed by atoms with Gasteiger partial charge in [-0.3, -0.25) is 0 Å². The molecule has 0 saturated heterocycles. The summed E-state index contributed by atoms with van der Waals surface area (Å²) in [5.74, 6) is 1.10. The van der Waals surface area contributed by atoms with Gasteiger partial charge in [0.2, 0.25) is 0 Å². The van der Waals surface area contributed by atoms with E-state index in [1.165, 1.54) is 0 Å². The second-order valence-corrected chi connectivity index (χ2v) is 11.4. The van der Waals surface area contributed by atoms with E-state index in [1.807, 2.05) is 24.3 Å². The summed E-state index contributed by atoms with van der Waals surface area (Å²) in [5.41, 5.74) is 3.62. The molecule has 5 rings (SSSR count). The third kappa shape index (κ3) is 4.60. The van der Waals surface area contributed by atoms with Gasteiger partial charge in [0.1, 0.15) is 23.0 Å². The Morgan fingerprint density at radius 1 is 0.550 bits per heavy atom. The van der Waals surface area contributed by atoms with Crippen molar-refractivity contribution in [3.63, 3.8) is 0 Å². The number of benzene rings is 4. The fourth-order valence-corrected chi connectivity index (χ4v) is 8.20. The van der Waals surface area contributed by atoms with Crippen LogP contribution in [0, 0.1) is 5.41 Å². The molecule has 0 aromatic heterocycles. The molecule has 0 heterocycles. The lowest BCUT2D eigenvalue weighted by Crippen LogP contribution is -2.55. The highest BCUT2D eigenvalue weighted by Gasteiger charge is 2.61. The molecule has 1 aliphatic rings. The molecule has 4 aromatic rings. The van der Waals surface area contributed by atoms with Crippen LogP contribution < -0.4 is 0 Å². The molecular formula is C36H40O4. The average Bonchev–Trinajstić information content (AvgIpc) is 2.95. The Kier molecular flexibility index (Phi) is 7.80. The minimum atomic E-state index is -0.481. The molecule has 2 unspecified atom stereocenters. The number of aromatic hydroxyl groups is 4. The van der Waals surface area contributed by atoms with Crippen molar-refractivity contribution in [2.45, 2.75) is 69.6 Å². The van der Waals surface area contributed by atoms with Gasteiger partial charge in [0.25, 0.3) is 0 Å². The summed E-state index contributed by atoms with van der Waals surface area (Å²) < 4.78 is 0. The largest absolute Gasteiger partial charge is 0.508 e. The molecule has 2 atom stereocenters. The number of rotatable bonds is 8. The number of phenols is 4. The van der Waals surface area contributed by atoms with Gasteiger partial charge in [0.15, 0.2) is 0 Å². The highest BCUT2D eigenvalue weighted by atomic mass is 16.3. The van der Waals surface area contributed by atoms with Gasteiger partial charge in [-0.1, -0.05) is 75.2 Å². The van der Waals surface area contributed by atoms with Crippen molar-refractivity contribution in [3.8, 4) is 23.0 Å². The van der Waals surface area contributed by atoms with Gasteiger partial charge < -0.3 is 20.4 Å². The van der Waals surface area contributed by atoms with E-state index in [-0.39, 0.29) is 40.2 Å². The molecule has 0 aliphatic heterocycles. The third-order valence-electron chi connectivity index (χ3n) is 9.51. The van der Waals surface area contributed by atoms with Crippen LogP contribution in [0.5, 0.6) is 23.0 Å². The Hall–Kier alpha value is -3.92. The van der Waals surface area contributed by atoms with E-state index in [0.717, 1.165) is 60.8 Å². The van der Waals surface area contributed by atoms with Crippen LogP contribution in [0.2, 0.25) is 0 Å². The maximum Gasteiger partial charge on any atom is 0.115 e. The molecule has 4 nitrogen and oxygen atoms in total. The first-order valence-electron chi connectivity index (χ1n) is 14.5. The van der Waals surface area contributed by atoms with E-state index in [4.69, 9.17) is 0 Å². The van der Waals surface area contributed by atoms with Gasteiger partial charge in [-0.15, -0.1) is 0 Å². The molecule has 1 aliphatic carbocycles. The highest BCUT2D eigenvalue weighted by Crippen LogP contribution is 2.69. The lowest BCUT2D eigenvalue weighted by molar-refractivity contribution is 0.0160. The van der Waals surface area contributed by atoms with Gasteiger partial charge in [-0.05, 0) is 114 Å². The normalized spacial score (nSPS) is 20.1. The minimum absolute atomic E-state index is 0.0646. The first-order valence-corrected chi connectivity index (χ1v) is 14.5. The molecular weight excluding hydrogens is 496 g/mol. The second-order valence-electron chi connectivity index (χ2n) is 11.4. The van der Waals surface area contributed by atoms with E-state index in [2.05, 4.69) is 50.2 Å². The van der Waals surface area contributed by atoms with E-state index in [9.17, 15) is 20.4 Å². The summed E-state index contributed by atoms with van der Waals surface area (Å²) >= 11 is 0. The van der Waals surface area contributed by atoms with Crippen LogP contribution >= 0.6 is 0 Å². The predicted molar refractivity (Wildman–Crippen MR) is 160 cm³/mol. The Balaban J connectivity index is 1.92. The zero-order valence-corrected chi connectivity index (χ0v) is 23.4. The number of phenolic OH excluding ortho intramolecular Hbond substituents is 4. The summed E-state index contributed by atoms with van der Waals surface area (Å²) in [7, 11) is 0. The molecule has 0 bridgehead atoms. The van der Waals surface area contributed by atoms with Crippen molar-refractivity contribution in [1.29, 1.82) is 0 Å². The zero-order chi connectivity index (χ0) is 28.3. The Bertz CT molecular complexity index is 1330. The Morgan fingerprint density at radius 3 is 1.38 bits per heavy atom. The average molecular weight is 537 g/mol. The maximum absolute atomic E-state index is 10.6. The van der Waals surface area contributed by atoms with Gasteiger partial charge in [0, 0.05) is 5.41 Å². The van der Waals surface area contributed by atoms with Crippen molar-refractivity contribution in [1.82, 2.24) is 0 Å². The van der Waals surface area contributed by atoms with Crippen LogP contribution in [0.4, 0.5) is 0 Å². The molecule has 40 heavy (non-hydrogen) atoms. The Labute approximate surface area is 237 Å². The number of hydrogen-bond acceptors (Lipinski definition) is 4. The van der Waals surface area contributed by atoms with E-state index < -0.39 is 5.41 Å². The Morgan fingerprint density at radius 2 is 0.975 bits per heavy atom. The molecule has 0 spiro atoms. The first kappa shape index (κ1) is 27.6. The molecule has 1 saturated carbocycles. The fraction of sp³-hybridized carbons (Fsp3) is 0.333. The lowest BCUT2D eigenvalue weighted by Gasteiger charge is -2.62. The number of hydrogen-bond donors (Lipinski definition) is 4. The standard InChI is InChI=1S/C36H40O4/c1-3-33(25-9-7-11-31(39)23-25)36(34(4-2)26-10-8-12-32(40)24-26)22-6-5-21-35(36,27-13-17-29(37)18-14-27)28-15-19-30(38)20-16-28/h7-20,23-24,33-34,37-40H,3-6,21-22H2,1-2H3. The van der Waals surface area contributed by atoms with Crippen molar-refractivity contribution in [2.24, 2.45) is 5.41 Å². The monoisotopic (exact) mass is 536 g/mol. The van der Waals surface area contributed by atoms with Crippen LogP contribution in [0.1, 0.15) is 86.5 Å². The van der Waals surface area contributed by atoms with E-state index >= 15 is 0 Å². The highest BCUT2D eigenvalue weighted by molar-refractivity contribution is 5.50. The fourth-order valence-electron chi connectivity index (χ4n) is 8.20. The summed E-state index contributed by atoms with van der Waals surface area (Å²) in [5, 5.41) is 41.9. The van der Waals surface area contributed by atoms with Crippen molar-refractivity contribution >= 4 is 0 Å². The SMILES string of the molecule is CCC(c1cccc(O)c1)C1(C(CC)c2cccc(O)c2)CCCCC1(c1ccc(O)cc1)c1ccc(O)cc1. The van der Waals surface area contributed by atoms with E-state index in [1.54, 1.807) is 36.4 Å². The van der Waals surface area contributed by atoms with Crippen LogP contribution in [0.3, 0.4) is 0 Å². The van der Waals surface area contributed by atoms with Gasteiger partial charge in [0.05, 0.1) is 0 Å². The van der Waals surface area contributed by atoms with Crippen molar-refractivity contribution < 1.29 is 20.4 Å². The topological polar surface area (TPSA) is 80.9 Å². The molecule has 1 fully saturated rings. The lowest BCUT2D eigenvalue weighted by atomic mass is 9.41.